The minimum atomic E-state index is -0.273. The molecular weight excluding hydrogens is 218 g/mol. The smallest absolute Gasteiger partial charge is 0.327 e. The molecule has 1 saturated carbocycles. The molecule has 0 aromatic carbocycles. The molecule has 0 radical (unpaired) electrons. The maximum Gasteiger partial charge on any atom is 0.327 e. The van der Waals surface area contributed by atoms with E-state index in [4.69, 9.17) is 5.84 Å². The Hall–Kier alpha value is -0.650. The molecule has 5 nitrogen and oxygen atoms in total. The Labute approximate surface area is 103 Å². The first kappa shape index (κ1) is 12.8. The minimum absolute atomic E-state index is 0.273. The number of hydrogen-bond donors (Lipinski definition) is 2. The number of hydrazine groups is 1. The molecule has 1 aliphatic carbocycles. The van der Waals surface area contributed by atoms with E-state index in [9.17, 15) is 4.79 Å². The maximum absolute atomic E-state index is 11.3. The summed E-state index contributed by atoms with van der Waals surface area (Å²) in [6, 6.07) is 0.705. The number of rotatable bonds is 4. The fourth-order valence-electron chi connectivity index (χ4n) is 3.36. The van der Waals surface area contributed by atoms with Gasteiger partial charge in [-0.2, -0.15) is 0 Å². The largest absolute Gasteiger partial charge is 0.356 e. The zero-order valence-corrected chi connectivity index (χ0v) is 10.4. The van der Waals surface area contributed by atoms with E-state index in [-0.39, 0.29) is 5.97 Å². The summed E-state index contributed by atoms with van der Waals surface area (Å²) in [6.45, 7) is 1.94. The zero-order chi connectivity index (χ0) is 12.1. The van der Waals surface area contributed by atoms with Crippen LogP contribution in [0.5, 0.6) is 0 Å². The van der Waals surface area contributed by atoms with Crippen molar-refractivity contribution in [2.75, 3.05) is 13.1 Å². The van der Waals surface area contributed by atoms with Gasteiger partial charge in [0.05, 0.1) is 6.42 Å². The predicted molar refractivity (Wildman–Crippen MR) is 64.6 cm³/mol. The van der Waals surface area contributed by atoms with Crippen molar-refractivity contribution in [3.05, 3.63) is 0 Å². The summed E-state index contributed by atoms with van der Waals surface area (Å²) in [7, 11) is 0. The molecule has 1 saturated heterocycles. The van der Waals surface area contributed by atoms with Gasteiger partial charge in [-0.1, -0.05) is 18.4 Å². The molecule has 5 heteroatoms. The fraction of sp³-hybridized carbons (Fsp3) is 0.917. The van der Waals surface area contributed by atoms with Gasteiger partial charge in [-0.05, 0) is 38.1 Å². The van der Waals surface area contributed by atoms with Crippen LogP contribution in [0.3, 0.4) is 0 Å². The van der Waals surface area contributed by atoms with E-state index in [1.807, 2.05) is 5.59 Å². The van der Waals surface area contributed by atoms with Crippen LogP contribution in [-0.4, -0.2) is 30.0 Å². The third-order valence-electron chi connectivity index (χ3n) is 4.13. The molecule has 0 amide bonds. The van der Waals surface area contributed by atoms with Crippen molar-refractivity contribution in [1.82, 2.24) is 10.5 Å². The molecule has 2 aliphatic rings. The maximum atomic E-state index is 11.3. The Balaban J connectivity index is 1.80. The summed E-state index contributed by atoms with van der Waals surface area (Å²) >= 11 is 0. The van der Waals surface area contributed by atoms with Gasteiger partial charge >= 0.3 is 5.97 Å². The molecule has 1 aliphatic heterocycles. The van der Waals surface area contributed by atoms with E-state index in [0.717, 1.165) is 19.0 Å². The van der Waals surface area contributed by atoms with Gasteiger partial charge in [0.1, 0.15) is 0 Å². The topological polar surface area (TPSA) is 67.6 Å². The molecule has 0 unspecified atom stereocenters. The fourth-order valence-corrected chi connectivity index (χ4v) is 3.36. The van der Waals surface area contributed by atoms with Gasteiger partial charge in [-0.3, -0.25) is 9.69 Å². The number of likely N-dealkylation sites (tertiary alicyclic amines) is 1. The number of hydrogen-bond acceptors (Lipinski definition) is 5. The summed E-state index contributed by atoms with van der Waals surface area (Å²) in [5.41, 5.74) is 1.94. The molecule has 2 rings (SSSR count). The molecule has 2 atom stereocenters. The Morgan fingerprint density at radius 2 is 2.06 bits per heavy atom. The van der Waals surface area contributed by atoms with E-state index in [0.29, 0.717) is 12.5 Å². The predicted octanol–water partition coefficient (Wildman–Crippen LogP) is 0.953. The van der Waals surface area contributed by atoms with E-state index in [1.165, 1.54) is 38.5 Å². The first-order chi connectivity index (χ1) is 8.31. The van der Waals surface area contributed by atoms with Crippen LogP contribution in [0.25, 0.3) is 0 Å². The van der Waals surface area contributed by atoms with Crippen LogP contribution in [-0.2, 0) is 9.63 Å². The molecule has 0 aromatic heterocycles. The van der Waals surface area contributed by atoms with Gasteiger partial charge in [0.15, 0.2) is 0 Å². The SMILES string of the molecule is NNOC(=O)CCN1CCC[C@H]2CCCC[C@H]21. The number of fused-ring (bicyclic) bond motifs is 1. The van der Waals surface area contributed by atoms with E-state index >= 15 is 0 Å². The molecule has 1 heterocycles. The average Bonchev–Trinajstić information content (AvgIpc) is 2.36. The molecule has 0 spiro atoms. The first-order valence-corrected chi connectivity index (χ1v) is 6.70. The number of carbonyl (C=O) groups is 1. The minimum Gasteiger partial charge on any atom is -0.356 e. The third kappa shape index (κ3) is 3.40. The summed E-state index contributed by atoms with van der Waals surface area (Å²) < 4.78 is 0. The number of nitrogens with one attached hydrogen (secondary N) is 1. The van der Waals surface area contributed by atoms with Crippen LogP contribution in [0, 0.1) is 5.92 Å². The van der Waals surface area contributed by atoms with Crippen LogP contribution in [0.4, 0.5) is 0 Å². The Bertz CT molecular complexity index is 258. The van der Waals surface area contributed by atoms with Crippen molar-refractivity contribution >= 4 is 5.97 Å². The van der Waals surface area contributed by atoms with Crippen molar-refractivity contribution < 1.29 is 9.63 Å². The highest BCUT2D eigenvalue weighted by Gasteiger charge is 2.32. The van der Waals surface area contributed by atoms with Crippen LogP contribution >= 0.6 is 0 Å². The van der Waals surface area contributed by atoms with Gasteiger partial charge in [-0.25, -0.2) is 5.84 Å². The second-order valence-electron chi connectivity index (χ2n) is 5.13. The van der Waals surface area contributed by atoms with Gasteiger partial charge in [0, 0.05) is 12.6 Å². The standard InChI is InChI=1S/C12H23N3O2/c13-14-17-12(16)7-9-15-8-3-5-10-4-1-2-6-11(10)15/h10-11,14H,1-9,13H2/t10-,11-/m1/s1. The summed E-state index contributed by atoms with van der Waals surface area (Å²) in [5, 5.41) is 0. The van der Waals surface area contributed by atoms with Crippen molar-refractivity contribution in [1.29, 1.82) is 0 Å². The lowest BCUT2D eigenvalue weighted by atomic mass is 9.78. The molecule has 98 valence electrons. The average molecular weight is 241 g/mol. The number of nitrogens with two attached hydrogens (primary N) is 1. The van der Waals surface area contributed by atoms with Gasteiger partial charge in [0.2, 0.25) is 0 Å². The van der Waals surface area contributed by atoms with E-state index < -0.39 is 0 Å². The van der Waals surface area contributed by atoms with Crippen LogP contribution in [0.15, 0.2) is 0 Å². The summed E-state index contributed by atoms with van der Waals surface area (Å²) in [4.78, 5) is 18.3. The van der Waals surface area contributed by atoms with Crippen LogP contribution in [0.2, 0.25) is 0 Å². The lowest BCUT2D eigenvalue weighted by molar-refractivity contribution is -0.152. The number of piperidine rings is 1. The van der Waals surface area contributed by atoms with Crippen molar-refractivity contribution in [2.24, 2.45) is 11.8 Å². The highest BCUT2D eigenvalue weighted by molar-refractivity contribution is 5.69. The monoisotopic (exact) mass is 241 g/mol. The molecule has 3 N–H and O–H groups in total. The second kappa shape index (κ2) is 6.33. The van der Waals surface area contributed by atoms with Crippen molar-refractivity contribution in [2.45, 2.75) is 51.0 Å². The normalized spacial score (nSPS) is 29.7. The van der Waals surface area contributed by atoms with E-state index in [1.54, 1.807) is 0 Å². The first-order valence-electron chi connectivity index (χ1n) is 6.70. The highest BCUT2D eigenvalue weighted by atomic mass is 16.7. The highest BCUT2D eigenvalue weighted by Crippen LogP contribution is 2.35. The lowest BCUT2D eigenvalue weighted by Crippen LogP contribution is -2.47. The summed E-state index contributed by atoms with van der Waals surface area (Å²) in [6.07, 6.45) is 8.46. The second-order valence-corrected chi connectivity index (χ2v) is 5.13. The van der Waals surface area contributed by atoms with Crippen molar-refractivity contribution in [3.8, 4) is 0 Å². The number of carbonyl (C=O) groups excluding carboxylic acids is 1. The quantitative estimate of drug-likeness (QED) is 0.566. The molecule has 0 aromatic rings. The summed E-state index contributed by atoms with van der Waals surface area (Å²) in [5.74, 6) is 5.53. The lowest BCUT2D eigenvalue weighted by Gasteiger charge is -2.44. The van der Waals surface area contributed by atoms with Crippen LogP contribution < -0.4 is 11.4 Å². The molecule has 2 fully saturated rings. The van der Waals surface area contributed by atoms with Crippen molar-refractivity contribution in [3.63, 3.8) is 0 Å². The molecule has 17 heavy (non-hydrogen) atoms. The molecular formula is C12H23N3O2. The van der Waals surface area contributed by atoms with Gasteiger partial charge < -0.3 is 4.84 Å². The Kier molecular flexibility index (Phi) is 4.76. The van der Waals surface area contributed by atoms with Crippen LogP contribution in [0.1, 0.15) is 44.9 Å². The third-order valence-corrected chi connectivity index (χ3v) is 4.13. The van der Waals surface area contributed by atoms with E-state index in [2.05, 4.69) is 9.74 Å². The van der Waals surface area contributed by atoms with Gasteiger partial charge in [0.25, 0.3) is 0 Å². The number of nitrogens with zero attached hydrogens (tertiary/aromatic N) is 1. The van der Waals surface area contributed by atoms with Gasteiger partial charge in [-0.15, -0.1) is 0 Å². The Morgan fingerprint density at radius 1 is 1.29 bits per heavy atom. The Morgan fingerprint density at radius 3 is 2.88 bits per heavy atom. The zero-order valence-electron chi connectivity index (χ0n) is 10.4. The molecule has 0 bridgehead atoms.